The van der Waals surface area contributed by atoms with Gasteiger partial charge in [0.1, 0.15) is 17.9 Å². The third-order valence-electron chi connectivity index (χ3n) is 2.26. The molecule has 1 N–H and O–H groups in total. The molecule has 5 nitrogen and oxygen atoms in total. The van der Waals surface area contributed by atoms with Crippen LogP contribution in [0.15, 0.2) is 24.8 Å². The van der Waals surface area contributed by atoms with E-state index < -0.39 is 0 Å². The molecule has 0 unspecified atom stereocenters. The van der Waals surface area contributed by atoms with Crippen molar-refractivity contribution in [2.75, 3.05) is 7.05 Å². The fraction of sp³-hybridized carbons (Fsp3) is 0.250. The number of hydrogen-bond donors (Lipinski definition) is 1. The van der Waals surface area contributed by atoms with Crippen molar-refractivity contribution < 1.29 is 0 Å². The second kappa shape index (κ2) is 5.23. The maximum atomic E-state index is 5.28. The molecule has 0 aliphatic heterocycles. The zero-order valence-electron chi connectivity index (χ0n) is 9.59. The Labute approximate surface area is 99.9 Å². The predicted octanol–water partition coefficient (Wildman–Crippen LogP) is 0.693. The monoisotopic (exact) mass is 227 g/mol. The van der Waals surface area contributed by atoms with E-state index in [0.29, 0.717) is 6.54 Å². The topological polar surface area (TPSA) is 55.6 Å². The van der Waals surface area contributed by atoms with Gasteiger partial charge in [0.2, 0.25) is 0 Å². The van der Waals surface area contributed by atoms with Crippen LogP contribution in [-0.2, 0) is 13.1 Å². The molecule has 0 aliphatic rings. The highest BCUT2D eigenvalue weighted by Crippen LogP contribution is 2.18. The summed E-state index contributed by atoms with van der Waals surface area (Å²) in [5.74, 6) is 2.56. The Morgan fingerprint density at radius 3 is 3.00 bits per heavy atom. The maximum Gasteiger partial charge on any atom is 0.117 e. The smallest absolute Gasteiger partial charge is 0.117 e. The number of hydrogen-bond acceptors (Lipinski definition) is 4. The highest BCUT2D eigenvalue weighted by molar-refractivity contribution is 5.57. The molecule has 17 heavy (non-hydrogen) atoms. The van der Waals surface area contributed by atoms with E-state index in [1.165, 1.54) is 0 Å². The van der Waals surface area contributed by atoms with E-state index in [9.17, 15) is 0 Å². The zero-order chi connectivity index (χ0) is 12.1. The molecule has 0 saturated carbocycles. The zero-order valence-corrected chi connectivity index (χ0v) is 9.59. The van der Waals surface area contributed by atoms with E-state index in [0.717, 1.165) is 23.5 Å². The fourth-order valence-electron chi connectivity index (χ4n) is 1.59. The van der Waals surface area contributed by atoms with Gasteiger partial charge in [0.15, 0.2) is 0 Å². The Kier molecular flexibility index (Phi) is 3.48. The van der Waals surface area contributed by atoms with Crippen LogP contribution in [0, 0.1) is 12.3 Å². The molecule has 0 radical (unpaired) electrons. The number of nitrogens with zero attached hydrogens (tertiary/aromatic N) is 4. The van der Waals surface area contributed by atoms with Gasteiger partial charge in [0.25, 0.3) is 0 Å². The molecule has 0 spiro atoms. The lowest BCUT2D eigenvalue weighted by atomic mass is 10.2. The minimum atomic E-state index is 0.455. The molecule has 2 heterocycles. The van der Waals surface area contributed by atoms with Crippen LogP contribution in [0.2, 0.25) is 0 Å². The summed E-state index contributed by atoms with van der Waals surface area (Å²) in [6.07, 6.45) is 12.2. The third-order valence-corrected chi connectivity index (χ3v) is 2.26. The Hall–Kier alpha value is -2.19. The molecule has 0 atom stereocenters. The molecule has 0 aliphatic carbocycles. The van der Waals surface area contributed by atoms with Gasteiger partial charge < -0.3 is 5.32 Å². The first-order valence-electron chi connectivity index (χ1n) is 5.26. The second-order valence-corrected chi connectivity index (χ2v) is 3.53. The molecular weight excluding hydrogens is 214 g/mol. The molecule has 2 aromatic rings. The van der Waals surface area contributed by atoms with Gasteiger partial charge in [0, 0.05) is 30.7 Å². The average molecular weight is 227 g/mol. The van der Waals surface area contributed by atoms with Crippen LogP contribution in [0.3, 0.4) is 0 Å². The predicted molar refractivity (Wildman–Crippen MR) is 64.8 cm³/mol. The summed E-state index contributed by atoms with van der Waals surface area (Å²) in [6, 6.07) is 0. The Bertz CT molecular complexity index is 524. The molecular formula is C12H13N5. The molecule has 2 aromatic heterocycles. The van der Waals surface area contributed by atoms with Crippen LogP contribution in [0.4, 0.5) is 0 Å². The molecule has 86 valence electrons. The normalized spacial score (nSPS) is 10.1. The van der Waals surface area contributed by atoms with Gasteiger partial charge in [-0.1, -0.05) is 5.92 Å². The van der Waals surface area contributed by atoms with Crippen LogP contribution in [0.1, 0.15) is 5.56 Å². The molecule has 0 bridgehead atoms. The number of terminal acetylenes is 1. The molecule has 0 amide bonds. The van der Waals surface area contributed by atoms with Crippen molar-refractivity contribution in [3.8, 4) is 23.7 Å². The highest BCUT2D eigenvalue weighted by Gasteiger charge is 2.11. The van der Waals surface area contributed by atoms with E-state index in [1.807, 2.05) is 13.2 Å². The summed E-state index contributed by atoms with van der Waals surface area (Å²) >= 11 is 0. The first-order valence-corrected chi connectivity index (χ1v) is 5.26. The van der Waals surface area contributed by atoms with Crippen LogP contribution >= 0.6 is 0 Å². The van der Waals surface area contributed by atoms with Crippen molar-refractivity contribution in [2.45, 2.75) is 13.1 Å². The van der Waals surface area contributed by atoms with Gasteiger partial charge in [0.05, 0.1) is 6.20 Å². The van der Waals surface area contributed by atoms with Gasteiger partial charge in [-0.25, -0.2) is 0 Å². The molecule has 0 saturated heterocycles. The van der Waals surface area contributed by atoms with E-state index in [1.54, 1.807) is 23.3 Å². The van der Waals surface area contributed by atoms with Crippen molar-refractivity contribution in [3.63, 3.8) is 0 Å². The van der Waals surface area contributed by atoms with Crippen molar-refractivity contribution in [1.82, 2.24) is 25.1 Å². The minimum absolute atomic E-state index is 0.455. The Morgan fingerprint density at radius 1 is 1.47 bits per heavy atom. The van der Waals surface area contributed by atoms with Gasteiger partial charge in [-0.2, -0.15) is 5.10 Å². The van der Waals surface area contributed by atoms with E-state index >= 15 is 0 Å². The van der Waals surface area contributed by atoms with Crippen molar-refractivity contribution in [2.24, 2.45) is 0 Å². The Balaban J connectivity index is 2.41. The van der Waals surface area contributed by atoms with Gasteiger partial charge in [-0.05, 0) is 7.05 Å². The van der Waals surface area contributed by atoms with Crippen LogP contribution in [-0.4, -0.2) is 26.8 Å². The summed E-state index contributed by atoms with van der Waals surface area (Å²) in [6.45, 7) is 1.17. The average Bonchev–Trinajstić information content (AvgIpc) is 2.74. The SMILES string of the molecule is C#CCn1cc(CNC)c(-c2cnccn2)n1. The van der Waals surface area contributed by atoms with Crippen LogP contribution in [0.25, 0.3) is 11.4 Å². The van der Waals surface area contributed by atoms with E-state index in [-0.39, 0.29) is 0 Å². The van der Waals surface area contributed by atoms with Gasteiger partial charge in [-0.3, -0.25) is 14.6 Å². The summed E-state index contributed by atoms with van der Waals surface area (Å²) in [5.41, 5.74) is 2.64. The standard InChI is InChI=1S/C12H13N5/c1-3-6-17-9-10(7-13-2)12(16-17)11-8-14-4-5-15-11/h1,4-5,8-9,13H,6-7H2,2H3. The van der Waals surface area contributed by atoms with Gasteiger partial charge >= 0.3 is 0 Å². The molecule has 2 rings (SSSR count). The Morgan fingerprint density at radius 2 is 2.35 bits per heavy atom. The summed E-state index contributed by atoms with van der Waals surface area (Å²) in [7, 11) is 1.89. The summed E-state index contributed by atoms with van der Waals surface area (Å²) in [5, 5.41) is 7.52. The maximum absolute atomic E-state index is 5.28. The summed E-state index contributed by atoms with van der Waals surface area (Å²) in [4.78, 5) is 8.29. The highest BCUT2D eigenvalue weighted by atomic mass is 15.3. The lowest BCUT2D eigenvalue weighted by Crippen LogP contribution is -2.05. The van der Waals surface area contributed by atoms with Crippen LogP contribution < -0.4 is 5.32 Å². The third kappa shape index (κ3) is 2.49. The number of nitrogens with one attached hydrogen (secondary N) is 1. The van der Waals surface area contributed by atoms with E-state index in [4.69, 9.17) is 6.42 Å². The lowest BCUT2D eigenvalue weighted by Gasteiger charge is -1.99. The van der Waals surface area contributed by atoms with Crippen molar-refractivity contribution >= 4 is 0 Å². The quantitative estimate of drug-likeness (QED) is 0.781. The van der Waals surface area contributed by atoms with Crippen molar-refractivity contribution in [1.29, 1.82) is 0 Å². The molecule has 0 aromatic carbocycles. The second-order valence-electron chi connectivity index (χ2n) is 3.53. The fourth-order valence-corrected chi connectivity index (χ4v) is 1.59. The first-order chi connectivity index (χ1) is 8.35. The molecule has 0 fully saturated rings. The lowest BCUT2D eigenvalue weighted by molar-refractivity contribution is 0.715. The van der Waals surface area contributed by atoms with E-state index in [2.05, 4.69) is 26.3 Å². The number of aromatic nitrogens is 4. The molecule has 5 heteroatoms. The van der Waals surface area contributed by atoms with Crippen LogP contribution in [0.5, 0.6) is 0 Å². The largest absolute Gasteiger partial charge is 0.316 e. The van der Waals surface area contributed by atoms with Gasteiger partial charge in [-0.15, -0.1) is 6.42 Å². The number of rotatable bonds is 4. The minimum Gasteiger partial charge on any atom is -0.316 e. The first kappa shape index (κ1) is 11.3. The van der Waals surface area contributed by atoms with Crippen molar-refractivity contribution in [3.05, 3.63) is 30.4 Å². The summed E-state index contributed by atoms with van der Waals surface area (Å²) < 4.78 is 1.73.